The number of rotatable bonds is 5. The first-order chi connectivity index (χ1) is 9.86. The van der Waals surface area contributed by atoms with Crippen molar-refractivity contribution in [3.8, 4) is 0 Å². The number of nitrogens with one attached hydrogen (secondary N) is 1. The first-order valence-electron chi connectivity index (χ1n) is 8.66. The van der Waals surface area contributed by atoms with Crippen LogP contribution in [0.15, 0.2) is 17.5 Å². The van der Waals surface area contributed by atoms with E-state index in [0.29, 0.717) is 6.04 Å². The molecule has 3 rings (SSSR count). The maximum Gasteiger partial charge on any atom is 0.0445 e. The molecule has 0 aliphatic heterocycles. The average Bonchev–Trinajstić information content (AvgIpc) is 3.19. The molecule has 20 heavy (non-hydrogen) atoms. The summed E-state index contributed by atoms with van der Waals surface area (Å²) < 4.78 is 0. The van der Waals surface area contributed by atoms with Gasteiger partial charge < -0.3 is 5.32 Å². The molecule has 1 atom stereocenters. The lowest BCUT2D eigenvalue weighted by atomic mass is 9.83. The lowest BCUT2D eigenvalue weighted by Gasteiger charge is -2.34. The molecule has 0 aromatic carbocycles. The van der Waals surface area contributed by atoms with Crippen molar-refractivity contribution in [2.75, 3.05) is 0 Å². The van der Waals surface area contributed by atoms with Gasteiger partial charge in [0, 0.05) is 17.0 Å². The Morgan fingerprint density at radius 1 is 1.15 bits per heavy atom. The molecule has 1 unspecified atom stereocenters. The molecule has 1 heterocycles. The Balaban J connectivity index is 1.62. The Hall–Kier alpha value is -0.340. The van der Waals surface area contributed by atoms with Crippen LogP contribution in [0.3, 0.4) is 0 Å². The highest BCUT2D eigenvalue weighted by atomic mass is 32.1. The first-order valence-corrected chi connectivity index (χ1v) is 9.54. The zero-order chi connectivity index (χ0) is 13.8. The van der Waals surface area contributed by atoms with E-state index in [0.717, 1.165) is 17.9 Å². The Labute approximate surface area is 128 Å². The third-order valence-corrected chi connectivity index (χ3v) is 6.52. The van der Waals surface area contributed by atoms with Crippen LogP contribution in [-0.2, 0) is 0 Å². The zero-order valence-electron chi connectivity index (χ0n) is 12.8. The Morgan fingerprint density at radius 2 is 1.90 bits per heavy atom. The molecule has 0 saturated heterocycles. The summed E-state index contributed by atoms with van der Waals surface area (Å²) in [7, 11) is 0. The second kappa shape index (κ2) is 7.09. The lowest BCUT2D eigenvalue weighted by Crippen LogP contribution is -2.38. The largest absolute Gasteiger partial charge is 0.306 e. The predicted octanol–water partition coefficient (Wildman–Crippen LogP) is 5.54. The Kier molecular flexibility index (Phi) is 5.17. The fraction of sp³-hybridized carbons (Fsp3) is 0.778. The molecule has 2 heteroatoms. The van der Waals surface area contributed by atoms with Crippen LogP contribution in [0.25, 0.3) is 0 Å². The van der Waals surface area contributed by atoms with Gasteiger partial charge in [0.25, 0.3) is 0 Å². The number of hydrogen-bond acceptors (Lipinski definition) is 2. The number of thiophene rings is 1. The van der Waals surface area contributed by atoms with Gasteiger partial charge in [0.05, 0.1) is 0 Å². The minimum absolute atomic E-state index is 0.640. The predicted molar refractivity (Wildman–Crippen MR) is 88.2 cm³/mol. The van der Waals surface area contributed by atoms with Crippen molar-refractivity contribution in [3.63, 3.8) is 0 Å². The highest BCUT2D eigenvalue weighted by Gasteiger charge is 2.30. The van der Waals surface area contributed by atoms with Crippen molar-refractivity contribution < 1.29 is 0 Å². The third-order valence-electron chi connectivity index (χ3n) is 5.56. The summed E-state index contributed by atoms with van der Waals surface area (Å²) in [6, 6.07) is 5.97. The summed E-state index contributed by atoms with van der Waals surface area (Å²) in [5.41, 5.74) is 0. The zero-order valence-corrected chi connectivity index (χ0v) is 13.6. The van der Waals surface area contributed by atoms with E-state index in [1.807, 2.05) is 11.3 Å². The molecule has 0 spiro atoms. The van der Waals surface area contributed by atoms with Gasteiger partial charge >= 0.3 is 0 Å². The molecule has 112 valence electrons. The fourth-order valence-electron chi connectivity index (χ4n) is 4.20. The first kappa shape index (κ1) is 14.6. The maximum absolute atomic E-state index is 4.06. The van der Waals surface area contributed by atoms with Gasteiger partial charge in [-0.15, -0.1) is 11.3 Å². The number of hydrogen-bond donors (Lipinski definition) is 1. The minimum atomic E-state index is 0.640. The van der Waals surface area contributed by atoms with Crippen molar-refractivity contribution in [1.82, 2.24) is 5.32 Å². The average molecular weight is 292 g/mol. The van der Waals surface area contributed by atoms with E-state index in [-0.39, 0.29) is 0 Å². The van der Waals surface area contributed by atoms with Gasteiger partial charge in [-0.2, -0.15) is 0 Å². The van der Waals surface area contributed by atoms with Crippen molar-refractivity contribution in [2.45, 2.75) is 76.8 Å². The van der Waals surface area contributed by atoms with E-state index >= 15 is 0 Å². The van der Waals surface area contributed by atoms with Crippen molar-refractivity contribution in [2.24, 2.45) is 11.8 Å². The molecule has 0 radical (unpaired) electrons. The highest BCUT2D eigenvalue weighted by Crippen LogP contribution is 2.39. The van der Waals surface area contributed by atoms with Crippen molar-refractivity contribution >= 4 is 11.3 Å². The van der Waals surface area contributed by atoms with Gasteiger partial charge in [0.15, 0.2) is 0 Å². The van der Waals surface area contributed by atoms with E-state index in [4.69, 9.17) is 0 Å². The van der Waals surface area contributed by atoms with Gasteiger partial charge in [-0.25, -0.2) is 0 Å². The molecule has 2 aliphatic carbocycles. The van der Waals surface area contributed by atoms with Crippen molar-refractivity contribution in [1.29, 1.82) is 0 Å². The van der Waals surface area contributed by atoms with E-state index in [1.165, 1.54) is 57.8 Å². The van der Waals surface area contributed by atoms with Crippen LogP contribution in [0.2, 0.25) is 0 Å². The molecule has 0 bridgehead atoms. The molecule has 1 aromatic rings. The van der Waals surface area contributed by atoms with Crippen LogP contribution in [-0.4, -0.2) is 6.04 Å². The van der Waals surface area contributed by atoms with Crippen LogP contribution >= 0.6 is 11.3 Å². The summed E-state index contributed by atoms with van der Waals surface area (Å²) >= 11 is 1.95. The molecule has 1 aromatic heterocycles. The van der Waals surface area contributed by atoms with Crippen LogP contribution in [0, 0.1) is 11.8 Å². The van der Waals surface area contributed by atoms with E-state index in [9.17, 15) is 0 Å². The monoisotopic (exact) mass is 291 g/mol. The fourth-order valence-corrected chi connectivity index (χ4v) is 5.08. The van der Waals surface area contributed by atoms with Gasteiger partial charge in [0.1, 0.15) is 0 Å². The van der Waals surface area contributed by atoms with Crippen LogP contribution in [0.4, 0.5) is 0 Å². The third kappa shape index (κ3) is 3.46. The van der Waals surface area contributed by atoms with Crippen LogP contribution < -0.4 is 5.32 Å². The van der Waals surface area contributed by atoms with Crippen molar-refractivity contribution in [3.05, 3.63) is 22.4 Å². The lowest BCUT2D eigenvalue weighted by molar-refractivity contribution is 0.244. The molecular weight excluding hydrogens is 262 g/mol. The van der Waals surface area contributed by atoms with E-state index in [2.05, 4.69) is 29.8 Å². The maximum atomic E-state index is 4.06. The summed E-state index contributed by atoms with van der Waals surface area (Å²) in [5, 5.41) is 6.30. The summed E-state index contributed by atoms with van der Waals surface area (Å²) in [6.07, 6.45) is 12.8. The van der Waals surface area contributed by atoms with Crippen LogP contribution in [0.5, 0.6) is 0 Å². The summed E-state index contributed by atoms with van der Waals surface area (Å²) in [5.74, 6) is 1.89. The Bertz CT molecular complexity index is 372. The molecular formula is C18H29NS. The minimum Gasteiger partial charge on any atom is -0.306 e. The molecule has 1 N–H and O–H groups in total. The molecule has 0 amide bonds. The van der Waals surface area contributed by atoms with Gasteiger partial charge in [-0.1, -0.05) is 32.3 Å². The highest BCUT2D eigenvalue weighted by molar-refractivity contribution is 7.10. The van der Waals surface area contributed by atoms with E-state index < -0.39 is 0 Å². The summed E-state index contributed by atoms with van der Waals surface area (Å²) in [6.45, 7) is 2.35. The van der Waals surface area contributed by atoms with Gasteiger partial charge in [-0.05, 0) is 61.8 Å². The van der Waals surface area contributed by atoms with E-state index in [1.54, 1.807) is 4.88 Å². The molecule has 1 nitrogen and oxygen atoms in total. The molecule has 2 saturated carbocycles. The SMILES string of the molecule is CCC1CCC(NC(c2cccs2)C2CCCC2)CC1. The quantitative estimate of drug-likeness (QED) is 0.751. The van der Waals surface area contributed by atoms with Crippen LogP contribution in [0.1, 0.15) is 75.6 Å². The Morgan fingerprint density at radius 3 is 2.50 bits per heavy atom. The van der Waals surface area contributed by atoms with Gasteiger partial charge in [-0.3, -0.25) is 0 Å². The smallest absolute Gasteiger partial charge is 0.0445 e. The second-order valence-corrected chi connectivity index (χ2v) is 7.81. The summed E-state index contributed by atoms with van der Waals surface area (Å²) in [4.78, 5) is 1.58. The molecule has 2 fully saturated rings. The van der Waals surface area contributed by atoms with Gasteiger partial charge in [0.2, 0.25) is 0 Å². The second-order valence-electron chi connectivity index (χ2n) is 6.83. The molecule has 2 aliphatic rings. The standard InChI is InChI=1S/C18H29NS/c1-2-14-9-11-16(12-10-14)19-18(15-6-3-4-7-15)17-8-5-13-20-17/h5,8,13-16,18-19H,2-4,6-7,9-12H2,1H3. The normalized spacial score (nSPS) is 29.6. The topological polar surface area (TPSA) is 12.0 Å².